The Hall–Kier alpha value is -11.3. The van der Waals surface area contributed by atoms with Gasteiger partial charge in [-0.3, -0.25) is 0 Å². The summed E-state index contributed by atoms with van der Waals surface area (Å²) < 4.78 is 39.6. The smallest absolute Gasteiger partial charge is 0.487 e. The summed E-state index contributed by atoms with van der Waals surface area (Å²) in [7, 11) is -12.7. The number of hydrogen-bond donors (Lipinski definition) is 8. The van der Waals surface area contributed by atoms with E-state index in [-0.39, 0.29) is 0 Å². The van der Waals surface area contributed by atoms with Crippen molar-refractivity contribution in [2.75, 3.05) is 0 Å². The molecule has 0 aromatic carbocycles. The van der Waals surface area contributed by atoms with Crippen molar-refractivity contribution in [2.24, 2.45) is 0 Å². The summed E-state index contributed by atoms with van der Waals surface area (Å²) in [6, 6.07) is 12.4. The summed E-state index contributed by atoms with van der Waals surface area (Å²) in [5.74, 6) is 2.44. The summed E-state index contributed by atoms with van der Waals surface area (Å²) in [4.78, 5) is 22.3. The fourth-order valence-corrected chi connectivity index (χ4v) is 2.47. The maximum atomic E-state index is 9.89. The summed E-state index contributed by atoms with van der Waals surface area (Å²) >= 11 is 0. The van der Waals surface area contributed by atoms with Crippen molar-refractivity contribution in [1.29, 1.82) is 43.1 Å². The van der Waals surface area contributed by atoms with E-state index in [0.29, 0.717) is 46.5 Å². The minimum atomic E-state index is -3.17. The molecule has 8 heterocycles. The Labute approximate surface area is 396 Å². The van der Waals surface area contributed by atoms with Crippen LogP contribution in [-0.2, 0) is 0 Å². The first kappa shape index (κ1) is 67.3. The van der Waals surface area contributed by atoms with Crippen LogP contribution in [0.3, 0.4) is 0 Å². The van der Waals surface area contributed by atoms with Crippen LogP contribution < -0.4 is 40.2 Å². The highest BCUT2D eigenvalue weighted by Gasteiger charge is 2.05. The molecular formula is C24H24B4F4N32O8. The van der Waals surface area contributed by atoms with E-state index in [4.69, 9.17) is 83.3 Å². The summed E-state index contributed by atoms with van der Waals surface area (Å²) in [5.41, 5.74) is 0. The Kier molecular flexibility index (Phi) is 45.9. The van der Waals surface area contributed by atoms with Gasteiger partial charge in [0.1, 0.15) is 29.6 Å². The van der Waals surface area contributed by atoms with Crippen LogP contribution in [-0.4, -0.2) is 111 Å². The fourth-order valence-electron chi connectivity index (χ4n) is 2.47. The van der Waals surface area contributed by atoms with E-state index in [0.717, 1.165) is 0 Å². The van der Waals surface area contributed by atoms with Gasteiger partial charge in [0.15, 0.2) is 0 Å². The number of aromatic nitrogens is 16. The molecule has 0 atom stereocenters. The quantitative estimate of drug-likeness (QED) is 0.0454. The van der Waals surface area contributed by atoms with Gasteiger partial charge in [0.05, 0.1) is 182 Å². The minimum Gasteiger partial charge on any atom is -0.867 e. The average Bonchev–Trinajstić information content (AvgIpc) is 4.23. The third kappa shape index (κ3) is 53.0. The van der Waals surface area contributed by atoms with Crippen molar-refractivity contribution in [3.63, 3.8) is 0 Å². The van der Waals surface area contributed by atoms with E-state index in [1.54, 1.807) is 98.1 Å². The van der Waals surface area contributed by atoms with Crippen molar-refractivity contribution in [1.82, 2.24) is 81.6 Å². The number of rotatable bonds is 0. The number of diazo groups is 8. The molecule has 8 aromatic heterocycles. The third-order valence-corrected chi connectivity index (χ3v) is 4.71. The van der Waals surface area contributed by atoms with Crippen LogP contribution in [0.1, 0.15) is 0 Å². The highest BCUT2D eigenvalue weighted by Crippen LogP contribution is 2.04. The van der Waals surface area contributed by atoms with Crippen molar-refractivity contribution < 1.29 is 57.5 Å². The first-order valence-corrected chi connectivity index (χ1v) is 17.0. The van der Waals surface area contributed by atoms with Crippen molar-refractivity contribution in [2.45, 2.75) is 0 Å². The molecule has 0 unspecified atom stereocenters. The second kappa shape index (κ2) is 49.1. The van der Waals surface area contributed by atoms with Crippen LogP contribution in [0.4, 0.5) is 63.8 Å². The van der Waals surface area contributed by atoms with Gasteiger partial charge in [-0.2, -0.15) is 40.8 Å². The fraction of sp³-hybridized carbons (Fsp3) is 0. The number of H-pyrrole nitrogens is 8. The van der Waals surface area contributed by atoms with Crippen LogP contribution in [0.5, 0.6) is 0 Å². The molecule has 0 amide bonds. The molecule has 48 heteroatoms. The normalized spacial score (nSPS) is 7.61. The van der Waals surface area contributed by atoms with Crippen LogP contribution in [0.25, 0.3) is 39.8 Å². The Morgan fingerprint density at radius 3 is 0.375 bits per heavy atom. The monoisotopic (exact) mass is 1010 g/mol. The lowest BCUT2D eigenvalue weighted by molar-refractivity contribution is -0.368. The highest BCUT2D eigenvalue weighted by atomic mass is 19.1. The zero-order valence-electron chi connectivity index (χ0n) is 35.1. The SMILES string of the molecule is N#[N+]c1cc[nH]n1.N#[N+]c1cc[nH]n1.N#[N+]c1cc[nH]n1.N#[N+]c1cc[nH]n1.N#[N+]c1cc[nH]n1.N#[N+]c1cc[nH]n1.N#[N+]c1cc[nH]n1.N#[N+]c1cc[nH]n1.[O-]B([O-])F.[O-]B([O-])F.[O-]B([O-])F.[O-]B([O-])F. The largest absolute Gasteiger partial charge is 0.867 e. The third-order valence-electron chi connectivity index (χ3n) is 4.71. The Balaban J connectivity index is -0.000000353. The summed E-state index contributed by atoms with van der Waals surface area (Å²) in [5, 5.41) is 178. The number of aromatic amines is 8. The summed E-state index contributed by atoms with van der Waals surface area (Å²) in [6.45, 7) is 0. The lowest BCUT2D eigenvalue weighted by Crippen LogP contribution is -2.39. The van der Waals surface area contributed by atoms with Crippen LogP contribution >= 0.6 is 0 Å². The number of halogens is 4. The van der Waals surface area contributed by atoms with Crippen LogP contribution in [0.15, 0.2) is 98.1 Å². The van der Waals surface area contributed by atoms with Gasteiger partial charge < -0.3 is 57.5 Å². The number of hydrogen-bond acceptors (Lipinski definition) is 24. The highest BCUT2D eigenvalue weighted by molar-refractivity contribution is 6.27. The molecule has 0 radical (unpaired) electrons. The molecule has 0 saturated heterocycles. The second-order valence-electron chi connectivity index (χ2n) is 9.36. The molecule has 0 aliphatic heterocycles. The molecule has 0 saturated carbocycles. The second-order valence-corrected chi connectivity index (χ2v) is 9.36. The van der Waals surface area contributed by atoms with Gasteiger partial charge >= 0.3 is 46.5 Å². The molecule has 8 aromatic rings. The Bertz CT molecular complexity index is 2140. The predicted molar refractivity (Wildman–Crippen MR) is 214 cm³/mol. The maximum Gasteiger partial charge on any atom is 0.487 e. The van der Waals surface area contributed by atoms with E-state index in [1.165, 1.54) is 0 Å². The van der Waals surface area contributed by atoms with E-state index in [1.807, 2.05) is 0 Å². The van der Waals surface area contributed by atoms with E-state index in [9.17, 15) is 17.3 Å². The van der Waals surface area contributed by atoms with Gasteiger partial charge in [-0.15, -0.1) is 0 Å². The number of nitrogens with one attached hydrogen (secondary N) is 8. The van der Waals surface area contributed by atoms with Crippen molar-refractivity contribution in [3.05, 3.63) is 138 Å². The topological polar surface area (TPSA) is 639 Å². The lowest BCUT2D eigenvalue weighted by Gasteiger charge is -2.09. The van der Waals surface area contributed by atoms with E-state index < -0.39 is 29.6 Å². The first-order chi connectivity index (χ1) is 34.4. The van der Waals surface area contributed by atoms with Crippen molar-refractivity contribution >= 4 is 76.1 Å². The average molecular weight is 1010 g/mol. The van der Waals surface area contributed by atoms with Gasteiger partial charge in [-0.25, -0.2) is 0 Å². The zero-order chi connectivity index (χ0) is 55.2. The van der Waals surface area contributed by atoms with Gasteiger partial charge in [0.2, 0.25) is 0 Å². The summed E-state index contributed by atoms with van der Waals surface area (Å²) in [6.07, 6.45) is 12.6. The van der Waals surface area contributed by atoms with Gasteiger partial charge in [0, 0.05) is 39.8 Å². The molecule has 72 heavy (non-hydrogen) atoms. The Morgan fingerprint density at radius 2 is 0.347 bits per heavy atom. The molecule has 0 spiro atoms. The molecule has 8 rings (SSSR count). The van der Waals surface area contributed by atoms with E-state index >= 15 is 0 Å². The van der Waals surface area contributed by atoms with E-state index in [2.05, 4.69) is 121 Å². The number of nitrogens with zero attached hydrogens (tertiary/aromatic N) is 24. The molecule has 8 N–H and O–H groups in total. The van der Waals surface area contributed by atoms with Crippen LogP contribution in [0, 0.1) is 43.1 Å². The first-order valence-electron chi connectivity index (χ1n) is 17.0. The Morgan fingerprint density at radius 1 is 0.264 bits per heavy atom. The standard InChI is InChI=1S/8C3H3N4.4BFO2/c8*4-6-3-1-2-5-7-3;4*2-1(3)4/h8*1-2H,(H,5,7);;;;/q8*+1;4*-2. The predicted octanol–water partition coefficient (Wildman–Crippen LogP) is -2.20. The lowest BCUT2D eigenvalue weighted by atomic mass is 10.3. The van der Waals surface area contributed by atoms with Gasteiger partial charge in [0.25, 0.3) is 0 Å². The molecule has 40 nitrogen and oxygen atoms in total. The molecule has 0 bridgehead atoms. The molecule has 0 aliphatic rings. The van der Waals surface area contributed by atoms with Crippen molar-refractivity contribution in [3.8, 4) is 0 Å². The maximum absolute atomic E-state index is 9.89. The molecule has 0 aliphatic carbocycles. The zero-order valence-corrected chi connectivity index (χ0v) is 35.1. The van der Waals surface area contributed by atoms with Crippen LogP contribution in [0.2, 0.25) is 0 Å². The molecular weight excluding hydrogens is 984 g/mol. The van der Waals surface area contributed by atoms with Gasteiger partial charge in [-0.1, -0.05) is 0 Å². The molecule has 368 valence electrons. The van der Waals surface area contributed by atoms with Gasteiger partial charge in [-0.05, 0) is 0 Å². The molecule has 0 fully saturated rings. The minimum absolute atomic E-state index is 0.306.